The molecule has 23 heavy (non-hydrogen) atoms. The first-order chi connectivity index (χ1) is 11.3. The van der Waals surface area contributed by atoms with Crippen molar-refractivity contribution < 1.29 is 9.15 Å². The van der Waals surface area contributed by atoms with Crippen molar-refractivity contribution in [2.75, 3.05) is 39.9 Å². The molecule has 0 spiro atoms. The molecule has 3 rings (SSSR count). The molecule has 3 heterocycles. The predicted molar refractivity (Wildman–Crippen MR) is 90.5 cm³/mol. The number of nitrogens with zero attached hydrogens (tertiary/aromatic N) is 2. The van der Waals surface area contributed by atoms with Gasteiger partial charge in [0, 0.05) is 32.3 Å². The summed E-state index contributed by atoms with van der Waals surface area (Å²) in [6.45, 7) is 5.69. The Balaban J connectivity index is 1.56. The molecule has 6 nitrogen and oxygen atoms in total. The van der Waals surface area contributed by atoms with Gasteiger partial charge in [-0.25, -0.2) is 0 Å². The molecule has 0 bridgehead atoms. The zero-order chi connectivity index (χ0) is 16.0. The number of hydrogen-bond acceptors (Lipinski definition) is 4. The normalized spacial score (nSPS) is 22.2. The van der Waals surface area contributed by atoms with Crippen LogP contribution in [-0.2, 0) is 11.3 Å². The molecule has 0 atom stereocenters. The van der Waals surface area contributed by atoms with Gasteiger partial charge in [0.25, 0.3) is 0 Å². The minimum absolute atomic E-state index is 0.205. The fourth-order valence-electron chi connectivity index (χ4n) is 3.60. The number of furan rings is 1. The summed E-state index contributed by atoms with van der Waals surface area (Å²) in [6.07, 6.45) is 6.50. The zero-order valence-electron chi connectivity index (χ0n) is 14.0. The molecule has 0 aromatic carbocycles. The first kappa shape index (κ1) is 16.3. The first-order valence-corrected chi connectivity index (χ1v) is 8.62. The number of hydrogen-bond donors (Lipinski definition) is 2. The molecule has 2 saturated heterocycles. The van der Waals surface area contributed by atoms with E-state index in [-0.39, 0.29) is 5.54 Å². The molecule has 2 N–H and O–H groups in total. The highest BCUT2D eigenvalue weighted by Crippen LogP contribution is 2.30. The Morgan fingerprint density at radius 2 is 2.04 bits per heavy atom. The summed E-state index contributed by atoms with van der Waals surface area (Å²) >= 11 is 0. The van der Waals surface area contributed by atoms with E-state index < -0.39 is 0 Å². The summed E-state index contributed by atoms with van der Waals surface area (Å²) in [6, 6.07) is 3.86. The third kappa shape index (κ3) is 4.06. The third-order valence-electron chi connectivity index (χ3n) is 5.02. The summed E-state index contributed by atoms with van der Waals surface area (Å²) in [7, 11) is 1.81. The van der Waals surface area contributed by atoms with Gasteiger partial charge in [-0.1, -0.05) is 0 Å². The van der Waals surface area contributed by atoms with Gasteiger partial charge in [-0.05, 0) is 50.9 Å². The smallest absolute Gasteiger partial charge is 0.191 e. The van der Waals surface area contributed by atoms with E-state index in [1.807, 2.05) is 19.2 Å². The van der Waals surface area contributed by atoms with Crippen molar-refractivity contribution in [3.05, 3.63) is 24.2 Å². The minimum atomic E-state index is 0.205. The van der Waals surface area contributed by atoms with Crippen molar-refractivity contribution in [3.8, 4) is 0 Å². The van der Waals surface area contributed by atoms with E-state index in [4.69, 9.17) is 9.15 Å². The van der Waals surface area contributed by atoms with Crippen molar-refractivity contribution >= 4 is 5.96 Å². The second-order valence-electron chi connectivity index (χ2n) is 6.39. The molecule has 6 heteroatoms. The Kier molecular flexibility index (Phi) is 5.56. The molecule has 1 aromatic rings. The second-order valence-corrected chi connectivity index (χ2v) is 6.39. The van der Waals surface area contributed by atoms with Crippen LogP contribution in [0.2, 0.25) is 0 Å². The molecule has 0 amide bonds. The average molecular weight is 320 g/mol. The second kappa shape index (κ2) is 7.84. The Labute approximate surface area is 138 Å². The van der Waals surface area contributed by atoms with Crippen LogP contribution in [0.3, 0.4) is 0 Å². The third-order valence-corrected chi connectivity index (χ3v) is 5.02. The van der Waals surface area contributed by atoms with Crippen molar-refractivity contribution in [2.45, 2.75) is 37.8 Å². The Morgan fingerprint density at radius 3 is 2.70 bits per heavy atom. The lowest BCUT2D eigenvalue weighted by Crippen LogP contribution is -2.58. The van der Waals surface area contributed by atoms with Crippen LogP contribution in [0.5, 0.6) is 0 Å². The van der Waals surface area contributed by atoms with Crippen molar-refractivity contribution in [1.29, 1.82) is 0 Å². The topological polar surface area (TPSA) is 62.0 Å². The highest BCUT2D eigenvalue weighted by Gasteiger charge is 2.39. The molecule has 2 aliphatic heterocycles. The fraction of sp³-hybridized carbons (Fsp3) is 0.706. The van der Waals surface area contributed by atoms with Crippen LogP contribution in [0.1, 0.15) is 31.4 Å². The van der Waals surface area contributed by atoms with Gasteiger partial charge in [0.05, 0.1) is 12.8 Å². The lowest BCUT2D eigenvalue weighted by molar-refractivity contribution is -0.0164. The van der Waals surface area contributed by atoms with E-state index in [1.54, 1.807) is 6.26 Å². The molecule has 0 radical (unpaired) electrons. The monoisotopic (exact) mass is 320 g/mol. The lowest BCUT2D eigenvalue weighted by atomic mass is 9.88. The zero-order valence-corrected chi connectivity index (χ0v) is 14.0. The number of nitrogens with one attached hydrogen (secondary N) is 2. The Hall–Kier alpha value is -1.53. The van der Waals surface area contributed by atoms with Crippen LogP contribution >= 0.6 is 0 Å². The van der Waals surface area contributed by atoms with Gasteiger partial charge in [0.1, 0.15) is 5.76 Å². The van der Waals surface area contributed by atoms with E-state index in [9.17, 15) is 0 Å². The highest BCUT2D eigenvalue weighted by molar-refractivity contribution is 5.79. The van der Waals surface area contributed by atoms with Gasteiger partial charge in [-0.2, -0.15) is 0 Å². The largest absolute Gasteiger partial charge is 0.467 e. The number of ether oxygens (including phenoxy) is 1. The molecular weight excluding hydrogens is 292 g/mol. The minimum Gasteiger partial charge on any atom is -0.467 e. The summed E-state index contributed by atoms with van der Waals surface area (Å²) in [5.41, 5.74) is 0.205. The lowest BCUT2D eigenvalue weighted by Gasteiger charge is -2.45. The molecule has 2 aliphatic rings. The molecule has 2 fully saturated rings. The van der Waals surface area contributed by atoms with Crippen molar-refractivity contribution in [1.82, 2.24) is 15.5 Å². The SMILES string of the molecule is CN=C(NCc1ccco1)NCC1(N2CCCC2)CCOCC1. The van der Waals surface area contributed by atoms with Crippen LogP contribution in [0.4, 0.5) is 0 Å². The summed E-state index contributed by atoms with van der Waals surface area (Å²) in [5, 5.41) is 6.83. The van der Waals surface area contributed by atoms with Crippen LogP contribution in [0.15, 0.2) is 27.8 Å². The maximum absolute atomic E-state index is 5.60. The maximum Gasteiger partial charge on any atom is 0.191 e. The van der Waals surface area contributed by atoms with Gasteiger partial charge >= 0.3 is 0 Å². The molecule has 1 aromatic heterocycles. The predicted octanol–water partition coefficient (Wildman–Crippen LogP) is 1.59. The molecular formula is C17H28N4O2. The molecule has 0 unspecified atom stereocenters. The van der Waals surface area contributed by atoms with Gasteiger partial charge in [-0.15, -0.1) is 0 Å². The van der Waals surface area contributed by atoms with Crippen LogP contribution in [-0.4, -0.2) is 56.3 Å². The van der Waals surface area contributed by atoms with Crippen LogP contribution in [0.25, 0.3) is 0 Å². The standard InChI is InChI=1S/C17H28N4O2/c1-18-16(19-13-15-5-4-10-23-15)20-14-17(6-11-22-12-7-17)21-8-2-3-9-21/h4-5,10H,2-3,6-9,11-14H2,1H3,(H2,18,19,20). The maximum atomic E-state index is 5.60. The number of likely N-dealkylation sites (tertiary alicyclic amines) is 1. The Morgan fingerprint density at radius 1 is 1.26 bits per heavy atom. The van der Waals surface area contributed by atoms with Gasteiger partial charge in [-0.3, -0.25) is 9.89 Å². The summed E-state index contributed by atoms with van der Waals surface area (Å²) < 4.78 is 11.0. The fourth-order valence-corrected chi connectivity index (χ4v) is 3.60. The van der Waals surface area contributed by atoms with Crippen LogP contribution < -0.4 is 10.6 Å². The van der Waals surface area contributed by atoms with E-state index in [0.717, 1.165) is 44.3 Å². The van der Waals surface area contributed by atoms with Crippen LogP contribution in [0, 0.1) is 0 Å². The van der Waals surface area contributed by atoms with Crippen molar-refractivity contribution in [2.24, 2.45) is 4.99 Å². The van der Waals surface area contributed by atoms with E-state index in [1.165, 1.54) is 25.9 Å². The Bertz CT molecular complexity index is 489. The summed E-state index contributed by atoms with van der Waals surface area (Å²) in [5.74, 6) is 1.74. The van der Waals surface area contributed by atoms with Gasteiger partial charge in [0.15, 0.2) is 5.96 Å². The molecule has 0 saturated carbocycles. The van der Waals surface area contributed by atoms with Crippen molar-refractivity contribution in [3.63, 3.8) is 0 Å². The number of aliphatic imine (C=N–C) groups is 1. The average Bonchev–Trinajstić information content (AvgIpc) is 3.30. The quantitative estimate of drug-likeness (QED) is 0.637. The summed E-state index contributed by atoms with van der Waals surface area (Å²) in [4.78, 5) is 6.99. The van der Waals surface area contributed by atoms with E-state index >= 15 is 0 Å². The molecule has 128 valence electrons. The number of rotatable bonds is 5. The highest BCUT2D eigenvalue weighted by atomic mass is 16.5. The van der Waals surface area contributed by atoms with Gasteiger partial charge < -0.3 is 19.8 Å². The molecule has 0 aliphatic carbocycles. The van der Waals surface area contributed by atoms with E-state index in [2.05, 4.69) is 20.5 Å². The number of guanidine groups is 1. The first-order valence-electron chi connectivity index (χ1n) is 8.62. The van der Waals surface area contributed by atoms with Gasteiger partial charge in [0.2, 0.25) is 0 Å². The van der Waals surface area contributed by atoms with E-state index in [0.29, 0.717) is 6.54 Å².